The maximum Gasteiger partial charge on any atom is 0.306 e. The number of ether oxygens (including phenoxy) is 1. The van der Waals surface area contributed by atoms with Crippen molar-refractivity contribution in [3.05, 3.63) is 29.8 Å². The second-order valence-corrected chi connectivity index (χ2v) is 5.77. The van der Waals surface area contributed by atoms with E-state index >= 15 is 0 Å². The van der Waals surface area contributed by atoms with E-state index in [0.717, 1.165) is 5.56 Å². The second kappa shape index (κ2) is 6.37. The van der Waals surface area contributed by atoms with Crippen LogP contribution in [0.15, 0.2) is 24.3 Å². The van der Waals surface area contributed by atoms with Crippen molar-refractivity contribution in [1.29, 1.82) is 0 Å². The molecule has 0 unspecified atom stereocenters. The standard InChI is InChI=1S/C16H18N2O5/c19-14-8-12(11-3-1-2-4-13(11)17-14)16(22)18-5-6-23-10(9-18)7-15(20)21/h1-4,10,12H,5-9H2,(H,17,19)(H,20,21)/t10-,12+/m1/s1. The molecule has 2 atom stereocenters. The van der Waals surface area contributed by atoms with E-state index in [1.54, 1.807) is 11.0 Å². The van der Waals surface area contributed by atoms with Crippen LogP contribution in [-0.4, -0.2) is 53.6 Å². The van der Waals surface area contributed by atoms with Gasteiger partial charge in [0.2, 0.25) is 11.8 Å². The lowest BCUT2D eigenvalue weighted by Gasteiger charge is -2.36. The van der Waals surface area contributed by atoms with Gasteiger partial charge in [-0.1, -0.05) is 18.2 Å². The highest BCUT2D eigenvalue weighted by atomic mass is 16.5. The van der Waals surface area contributed by atoms with Crippen molar-refractivity contribution in [3.8, 4) is 0 Å². The molecule has 2 heterocycles. The Bertz CT molecular complexity index is 645. The fraction of sp³-hybridized carbons (Fsp3) is 0.438. The maximum absolute atomic E-state index is 12.8. The molecule has 0 saturated carbocycles. The SMILES string of the molecule is O=C(O)C[C@@H]1CN(C(=O)[C@H]2CC(=O)Nc3ccccc32)CCO1. The third kappa shape index (κ3) is 3.34. The number of carbonyl (C=O) groups excluding carboxylic acids is 2. The third-order valence-corrected chi connectivity index (χ3v) is 4.15. The highest BCUT2D eigenvalue weighted by Gasteiger charge is 2.35. The Balaban J connectivity index is 1.77. The molecule has 1 saturated heterocycles. The van der Waals surface area contributed by atoms with Gasteiger partial charge in [-0.15, -0.1) is 0 Å². The first-order valence-electron chi connectivity index (χ1n) is 7.55. The average Bonchev–Trinajstić information content (AvgIpc) is 2.53. The molecule has 3 rings (SSSR count). The van der Waals surface area contributed by atoms with Gasteiger partial charge in [-0.05, 0) is 11.6 Å². The highest BCUT2D eigenvalue weighted by Crippen LogP contribution is 2.33. The Labute approximate surface area is 133 Å². The molecule has 7 nitrogen and oxygen atoms in total. The number of amides is 2. The summed E-state index contributed by atoms with van der Waals surface area (Å²) >= 11 is 0. The molecular formula is C16H18N2O5. The summed E-state index contributed by atoms with van der Waals surface area (Å²) in [6.07, 6.45) is -0.527. The average molecular weight is 318 g/mol. The van der Waals surface area contributed by atoms with Gasteiger partial charge in [-0.2, -0.15) is 0 Å². The number of para-hydroxylation sites is 1. The molecular weight excluding hydrogens is 300 g/mol. The number of nitrogens with one attached hydrogen (secondary N) is 1. The molecule has 1 fully saturated rings. The quantitative estimate of drug-likeness (QED) is 0.860. The van der Waals surface area contributed by atoms with Crippen LogP contribution >= 0.6 is 0 Å². The minimum Gasteiger partial charge on any atom is -0.481 e. The number of hydrogen-bond donors (Lipinski definition) is 2. The van der Waals surface area contributed by atoms with Gasteiger partial charge < -0.3 is 20.1 Å². The minimum atomic E-state index is -0.952. The molecule has 0 aromatic heterocycles. The number of hydrogen-bond acceptors (Lipinski definition) is 4. The molecule has 0 bridgehead atoms. The molecule has 1 aromatic carbocycles. The van der Waals surface area contributed by atoms with Gasteiger partial charge in [-0.25, -0.2) is 0 Å². The smallest absolute Gasteiger partial charge is 0.306 e. The van der Waals surface area contributed by atoms with Crippen LogP contribution in [0.5, 0.6) is 0 Å². The van der Waals surface area contributed by atoms with Crippen molar-refractivity contribution in [2.75, 3.05) is 25.0 Å². The number of carboxylic acids is 1. The zero-order chi connectivity index (χ0) is 16.4. The number of carboxylic acid groups (broad SMARTS) is 1. The number of nitrogens with zero attached hydrogens (tertiary/aromatic N) is 1. The molecule has 23 heavy (non-hydrogen) atoms. The molecule has 2 aliphatic heterocycles. The Morgan fingerprint density at radius 3 is 2.91 bits per heavy atom. The van der Waals surface area contributed by atoms with Crippen LogP contribution in [0, 0.1) is 0 Å². The summed E-state index contributed by atoms with van der Waals surface area (Å²) in [5, 5.41) is 11.6. The molecule has 0 spiro atoms. The summed E-state index contributed by atoms with van der Waals surface area (Å²) in [6, 6.07) is 7.26. The molecule has 2 amide bonds. The molecule has 122 valence electrons. The van der Waals surface area contributed by atoms with E-state index in [9.17, 15) is 14.4 Å². The fourth-order valence-corrected chi connectivity index (χ4v) is 3.09. The van der Waals surface area contributed by atoms with Crippen LogP contribution in [0.3, 0.4) is 0 Å². The number of anilines is 1. The van der Waals surface area contributed by atoms with Gasteiger partial charge in [0.15, 0.2) is 0 Å². The van der Waals surface area contributed by atoms with Crippen molar-refractivity contribution in [2.45, 2.75) is 24.9 Å². The van der Waals surface area contributed by atoms with Crippen molar-refractivity contribution in [3.63, 3.8) is 0 Å². The van der Waals surface area contributed by atoms with E-state index in [4.69, 9.17) is 9.84 Å². The van der Waals surface area contributed by atoms with Crippen LogP contribution in [-0.2, 0) is 19.1 Å². The van der Waals surface area contributed by atoms with E-state index in [2.05, 4.69) is 5.32 Å². The van der Waals surface area contributed by atoms with Crippen molar-refractivity contribution < 1.29 is 24.2 Å². The molecule has 7 heteroatoms. The topological polar surface area (TPSA) is 95.9 Å². The lowest BCUT2D eigenvalue weighted by molar-refractivity contribution is -0.148. The number of aliphatic carboxylic acids is 1. The third-order valence-electron chi connectivity index (χ3n) is 4.15. The van der Waals surface area contributed by atoms with Crippen LogP contribution in [0.1, 0.15) is 24.3 Å². The number of benzene rings is 1. The van der Waals surface area contributed by atoms with Gasteiger partial charge in [0.05, 0.1) is 25.0 Å². The van der Waals surface area contributed by atoms with Crippen LogP contribution in [0.25, 0.3) is 0 Å². The lowest BCUT2D eigenvalue weighted by atomic mass is 9.89. The van der Waals surface area contributed by atoms with Gasteiger partial charge in [0.25, 0.3) is 0 Å². The van der Waals surface area contributed by atoms with E-state index in [1.165, 1.54) is 0 Å². The van der Waals surface area contributed by atoms with Crippen LogP contribution < -0.4 is 5.32 Å². The van der Waals surface area contributed by atoms with Crippen molar-refractivity contribution >= 4 is 23.5 Å². The Morgan fingerprint density at radius 2 is 2.13 bits per heavy atom. The summed E-state index contributed by atoms with van der Waals surface area (Å²) in [4.78, 5) is 37.1. The number of rotatable bonds is 3. The molecule has 1 aromatic rings. The summed E-state index contributed by atoms with van der Waals surface area (Å²) in [7, 11) is 0. The summed E-state index contributed by atoms with van der Waals surface area (Å²) < 4.78 is 5.39. The van der Waals surface area contributed by atoms with E-state index in [0.29, 0.717) is 18.8 Å². The van der Waals surface area contributed by atoms with Crippen molar-refractivity contribution in [2.24, 2.45) is 0 Å². The maximum atomic E-state index is 12.8. The molecule has 0 aliphatic carbocycles. The first-order valence-corrected chi connectivity index (χ1v) is 7.55. The van der Waals surface area contributed by atoms with Gasteiger partial charge in [-0.3, -0.25) is 14.4 Å². The first-order chi connectivity index (χ1) is 11.0. The number of fused-ring (bicyclic) bond motifs is 1. The lowest BCUT2D eigenvalue weighted by Crippen LogP contribution is -2.48. The molecule has 2 aliphatic rings. The van der Waals surface area contributed by atoms with Crippen LogP contribution in [0.2, 0.25) is 0 Å². The van der Waals surface area contributed by atoms with E-state index in [1.807, 2.05) is 18.2 Å². The predicted molar refractivity (Wildman–Crippen MR) is 81.0 cm³/mol. The van der Waals surface area contributed by atoms with Crippen LogP contribution in [0.4, 0.5) is 5.69 Å². The zero-order valence-corrected chi connectivity index (χ0v) is 12.5. The number of carbonyl (C=O) groups is 3. The first kappa shape index (κ1) is 15.5. The molecule has 2 N–H and O–H groups in total. The second-order valence-electron chi connectivity index (χ2n) is 5.77. The van der Waals surface area contributed by atoms with Gasteiger partial charge >= 0.3 is 5.97 Å². The fourth-order valence-electron chi connectivity index (χ4n) is 3.09. The largest absolute Gasteiger partial charge is 0.481 e. The monoisotopic (exact) mass is 318 g/mol. The van der Waals surface area contributed by atoms with E-state index < -0.39 is 18.0 Å². The Hall–Kier alpha value is -2.41. The predicted octanol–water partition coefficient (Wildman–Crippen LogP) is 0.814. The Kier molecular flexibility index (Phi) is 4.29. The minimum absolute atomic E-state index is 0.108. The Morgan fingerprint density at radius 1 is 1.35 bits per heavy atom. The van der Waals surface area contributed by atoms with Crippen molar-refractivity contribution in [1.82, 2.24) is 4.90 Å². The normalized spacial score (nSPS) is 23.8. The number of morpholine rings is 1. The van der Waals surface area contributed by atoms with Gasteiger partial charge in [0.1, 0.15) is 0 Å². The zero-order valence-electron chi connectivity index (χ0n) is 12.5. The van der Waals surface area contributed by atoms with Gasteiger partial charge in [0, 0.05) is 25.2 Å². The highest BCUT2D eigenvalue weighted by molar-refractivity contribution is 6.01. The molecule has 0 radical (unpaired) electrons. The summed E-state index contributed by atoms with van der Waals surface area (Å²) in [6.45, 7) is 0.963. The summed E-state index contributed by atoms with van der Waals surface area (Å²) in [5.74, 6) is -1.81. The van der Waals surface area contributed by atoms with E-state index in [-0.39, 0.29) is 31.2 Å². The summed E-state index contributed by atoms with van der Waals surface area (Å²) in [5.41, 5.74) is 1.47.